The number of aryl methyl sites for hydroxylation is 1. The molecule has 1 unspecified atom stereocenters. The van der Waals surface area contributed by atoms with Gasteiger partial charge < -0.3 is 5.32 Å². The maximum Gasteiger partial charge on any atom is 0.330 e. The molecule has 4 heteroatoms. The van der Waals surface area contributed by atoms with Crippen LogP contribution < -0.4 is 16.2 Å². The van der Waals surface area contributed by atoms with Crippen molar-refractivity contribution in [3.05, 3.63) is 35.4 Å². The lowest BCUT2D eigenvalue weighted by molar-refractivity contribution is 0.247. The normalized spacial score (nSPS) is 21.0. The molecule has 0 spiro atoms. The number of hydrogen-bond donors (Lipinski definition) is 3. The fourth-order valence-electron chi connectivity index (χ4n) is 1.41. The van der Waals surface area contributed by atoms with Gasteiger partial charge in [-0.2, -0.15) is 0 Å². The van der Waals surface area contributed by atoms with Crippen LogP contribution in [0.2, 0.25) is 0 Å². The molecule has 1 aliphatic heterocycles. The number of hydrazine groups is 1. The Bertz CT molecular complexity index is 337. The van der Waals surface area contributed by atoms with Gasteiger partial charge in [-0.25, -0.2) is 10.2 Å². The second-order valence-electron chi connectivity index (χ2n) is 3.03. The summed E-state index contributed by atoms with van der Waals surface area (Å²) in [6, 6.07) is 7.74. The number of benzene rings is 1. The molecule has 2 amide bonds. The van der Waals surface area contributed by atoms with Gasteiger partial charge in [0.05, 0.1) is 0 Å². The topological polar surface area (TPSA) is 53.2 Å². The number of hydrogen-bond acceptors (Lipinski definition) is 2. The second-order valence-corrected chi connectivity index (χ2v) is 3.03. The molecular formula is C9H11N3O. The van der Waals surface area contributed by atoms with Crippen molar-refractivity contribution in [2.24, 2.45) is 0 Å². The van der Waals surface area contributed by atoms with Crippen molar-refractivity contribution in [3.63, 3.8) is 0 Å². The van der Waals surface area contributed by atoms with Crippen molar-refractivity contribution in [1.82, 2.24) is 16.2 Å². The number of carbonyl (C=O) groups is 1. The van der Waals surface area contributed by atoms with Crippen molar-refractivity contribution in [2.75, 3.05) is 0 Å². The Labute approximate surface area is 76.3 Å². The van der Waals surface area contributed by atoms with Crippen LogP contribution in [-0.4, -0.2) is 6.03 Å². The Kier molecular flexibility index (Phi) is 1.90. The number of nitrogens with one attached hydrogen (secondary N) is 3. The van der Waals surface area contributed by atoms with Crippen molar-refractivity contribution in [3.8, 4) is 0 Å². The van der Waals surface area contributed by atoms with Crippen molar-refractivity contribution < 1.29 is 4.79 Å². The van der Waals surface area contributed by atoms with E-state index in [4.69, 9.17) is 0 Å². The van der Waals surface area contributed by atoms with E-state index in [0.29, 0.717) is 0 Å². The summed E-state index contributed by atoms with van der Waals surface area (Å²) >= 11 is 0. The van der Waals surface area contributed by atoms with Crippen LogP contribution in [0.3, 0.4) is 0 Å². The standard InChI is InChI=1S/C9H11N3O/c1-6-4-2-3-5-7(6)8-10-9(13)12-11-8/h2-5,8,11H,1H3,(H2,10,12,13). The molecule has 3 N–H and O–H groups in total. The Hall–Kier alpha value is -1.55. The van der Waals surface area contributed by atoms with Gasteiger partial charge in [0.15, 0.2) is 0 Å². The molecule has 1 saturated heterocycles. The third kappa shape index (κ3) is 1.48. The SMILES string of the molecule is Cc1ccccc1C1NNC(=O)N1. The van der Waals surface area contributed by atoms with Crippen molar-refractivity contribution in [1.29, 1.82) is 0 Å². The Morgan fingerprint density at radius 2 is 2.08 bits per heavy atom. The van der Waals surface area contributed by atoms with E-state index in [2.05, 4.69) is 16.2 Å². The predicted octanol–water partition coefficient (Wildman–Crippen LogP) is 0.811. The third-order valence-corrected chi connectivity index (χ3v) is 2.10. The van der Waals surface area contributed by atoms with Gasteiger partial charge in [0, 0.05) is 0 Å². The molecule has 1 fully saturated rings. The van der Waals surface area contributed by atoms with Crippen LogP contribution in [0, 0.1) is 6.92 Å². The van der Waals surface area contributed by atoms with Crippen LogP contribution in [0.1, 0.15) is 17.3 Å². The molecule has 0 radical (unpaired) electrons. The number of urea groups is 1. The summed E-state index contributed by atoms with van der Waals surface area (Å²) in [4.78, 5) is 10.9. The summed E-state index contributed by atoms with van der Waals surface area (Å²) in [5, 5.41) is 2.75. The molecule has 68 valence electrons. The first kappa shape index (κ1) is 8.07. The fourth-order valence-corrected chi connectivity index (χ4v) is 1.41. The largest absolute Gasteiger partial charge is 0.330 e. The van der Waals surface area contributed by atoms with E-state index in [1.165, 1.54) is 0 Å². The van der Waals surface area contributed by atoms with Crippen LogP contribution >= 0.6 is 0 Å². The van der Waals surface area contributed by atoms with Gasteiger partial charge in [0.1, 0.15) is 6.17 Å². The molecule has 13 heavy (non-hydrogen) atoms. The molecule has 0 saturated carbocycles. The van der Waals surface area contributed by atoms with E-state index in [0.717, 1.165) is 11.1 Å². The molecule has 0 aliphatic carbocycles. The molecule has 1 aliphatic rings. The van der Waals surface area contributed by atoms with Crippen LogP contribution in [-0.2, 0) is 0 Å². The summed E-state index contributed by atoms with van der Waals surface area (Å²) < 4.78 is 0. The van der Waals surface area contributed by atoms with Crippen molar-refractivity contribution in [2.45, 2.75) is 13.1 Å². The Morgan fingerprint density at radius 3 is 2.69 bits per heavy atom. The monoisotopic (exact) mass is 177 g/mol. The number of rotatable bonds is 1. The van der Waals surface area contributed by atoms with Crippen LogP contribution in [0.5, 0.6) is 0 Å². The molecule has 1 atom stereocenters. The van der Waals surface area contributed by atoms with Crippen LogP contribution in [0.25, 0.3) is 0 Å². The van der Waals surface area contributed by atoms with Gasteiger partial charge in [-0.1, -0.05) is 24.3 Å². The van der Waals surface area contributed by atoms with Crippen LogP contribution in [0.4, 0.5) is 4.79 Å². The lowest BCUT2D eigenvalue weighted by Crippen LogP contribution is -2.27. The van der Waals surface area contributed by atoms with Gasteiger partial charge in [-0.15, -0.1) is 0 Å². The first-order valence-corrected chi connectivity index (χ1v) is 4.15. The lowest BCUT2D eigenvalue weighted by atomic mass is 10.1. The van der Waals surface area contributed by atoms with Crippen LogP contribution in [0.15, 0.2) is 24.3 Å². The van der Waals surface area contributed by atoms with E-state index in [-0.39, 0.29) is 12.2 Å². The van der Waals surface area contributed by atoms with Gasteiger partial charge >= 0.3 is 6.03 Å². The molecule has 1 aromatic rings. The summed E-state index contributed by atoms with van der Waals surface area (Å²) in [6.45, 7) is 2.02. The highest BCUT2D eigenvalue weighted by Gasteiger charge is 2.21. The minimum atomic E-state index is -0.187. The van der Waals surface area contributed by atoms with Crippen molar-refractivity contribution >= 4 is 6.03 Å². The van der Waals surface area contributed by atoms with Gasteiger partial charge in [-0.3, -0.25) is 5.43 Å². The van der Waals surface area contributed by atoms with E-state index in [1.54, 1.807) is 0 Å². The highest BCUT2D eigenvalue weighted by atomic mass is 16.2. The van der Waals surface area contributed by atoms with E-state index >= 15 is 0 Å². The van der Waals surface area contributed by atoms with E-state index in [1.807, 2.05) is 31.2 Å². The summed E-state index contributed by atoms with van der Waals surface area (Å²) in [5.74, 6) is 0. The predicted molar refractivity (Wildman–Crippen MR) is 48.7 cm³/mol. The molecule has 1 aromatic carbocycles. The Balaban J connectivity index is 2.26. The maximum atomic E-state index is 10.9. The average molecular weight is 177 g/mol. The quantitative estimate of drug-likeness (QED) is 0.594. The van der Waals surface area contributed by atoms with E-state index < -0.39 is 0 Å². The molecule has 2 rings (SSSR count). The lowest BCUT2D eigenvalue weighted by Gasteiger charge is -2.11. The summed E-state index contributed by atoms with van der Waals surface area (Å²) in [7, 11) is 0. The van der Waals surface area contributed by atoms with Gasteiger partial charge in [0.25, 0.3) is 0 Å². The minimum absolute atomic E-state index is 0.117. The zero-order valence-electron chi connectivity index (χ0n) is 7.29. The summed E-state index contributed by atoms with van der Waals surface area (Å²) in [5.41, 5.74) is 7.59. The van der Waals surface area contributed by atoms with Gasteiger partial charge in [-0.05, 0) is 18.1 Å². The number of amides is 2. The zero-order valence-corrected chi connectivity index (χ0v) is 7.29. The maximum absolute atomic E-state index is 10.9. The first-order valence-electron chi connectivity index (χ1n) is 4.15. The average Bonchev–Trinajstić information content (AvgIpc) is 2.53. The molecular weight excluding hydrogens is 166 g/mol. The molecule has 0 aromatic heterocycles. The third-order valence-electron chi connectivity index (χ3n) is 2.10. The fraction of sp³-hybridized carbons (Fsp3) is 0.222. The zero-order chi connectivity index (χ0) is 9.26. The highest BCUT2D eigenvalue weighted by Crippen LogP contribution is 2.15. The minimum Gasteiger partial charge on any atom is -0.316 e. The van der Waals surface area contributed by atoms with E-state index in [9.17, 15) is 4.79 Å². The molecule has 1 heterocycles. The highest BCUT2D eigenvalue weighted by molar-refractivity contribution is 5.75. The Morgan fingerprint density at radius 1 is 1.31 bits per heavy atom. The van der Waals surface area contributed by atoms with Gasteiger partial charge in [0.2, 0.25) is 0 Å². The molecule has 0 bridgehead atoms. The smallest absolute Gasteiger partial charge is 0.316 e. The summed E-state index contributed by atoms with van der Waals surface area (Å²) in [6.07, 6.45) is -0.117. The first-order chi connectivity index (χ1) is 6.27. The second kappa shape index (κ2) is 3.06. The molecule has 4 nitrogen and oxygen atoms in total. The number of carbonyl (C=O) groups excluding carboxylic acids is 1.